The Bertz CT molecular complexity index is 579. The first-order chi connectivity index (χ1) is 8.31. The molecule has 1 heterocycles. The van der Waals surface area contributed by atoms with Gasteiger partial charge >= 0.3 is 0 Å². The van der Waals surface area contributed by atoms with E-state index in [2.05, 4.69) is 36.2 Å². The van der Waals surface area contributed by atoms with Gasteiger partial charge in [-0.25, -0.2) is 4.99 Å². The van der Waals surface area contributed by atoms with Crippen molar-refractivity contribution in [2.75, 3.05) is 5.75 Å². The van der Waals surface area contributed by atoms with E-state index in [0.29, 0.717) is 0 Å². The Morgan fingerprint density at radius 2 is 2.00 bits per heavy atom. The summed E-state index contributed by atoms with van der Waals surface area (Å²) in [7, 11) is 0. The predicted octanol–water partition coefficient (Wildman–Crippen LogP) is 3.98. The van der Waals surface area contributed by atoms with Gasteiger partial charge in [-0.3, -0.25) is 0 Å². The Morgan fingerprint density at radius 3 is 2.76 bits per heavy atom. The number of ether oxygens (including phenoxy) is 1. The molecule has 0 bridgehead atoms. The molecule has 2 aromatic carbocycles. The van der Waals surface area contributed by atoms with Crippen molar-refractivity contribution < 1.29 is 4.74 Å². The van der Waals surface area contributed by atoms with Crippen molar-refractivity contribution in [1.29, 1.82) is 0 Å². The maximum absolute atomic E-state index is 5.59. The third kappa shape index (κ3) is 2.29. The summed E-state index contributed by atoms with van der Waals surface area (Å²) in [5.41, 5.74) is 0.959. The maximum Gasteiger partial charge on any atom is 0.251 e. The molecule has 1 aliphatic heterocycles. The van der Waals surface area contributed by atoms with Crippen LogP contribution in [0.2, 0.25) is 0 Å². The lowest BCUT2D eigenvalue weighted by atomic mass is 10.1. The van der Waals surface area contributed by atoms with Crippen LogP contribution in [0.5, 0.6) is 0 Å². The number of thioether (sulfide) groups is 1. The molecule has 0 saturated carbocycles. The van der Waals surface area contributed by atoms with Crippen molar-refractivity contribution in [1.82, 2.24) is 0 Å². The number of rotatable bonds is 1. The minimum absolute atomic E-state index is 0.277. The van der Waals surface area contributed by atoms with Crippen molar-refractivity contribution in [2.45, 2.75) is 13.0 Å². The van der Waals surface area contributed by atoms with E-state index in [1.165, 1.54) is 10.8 Å². The van der Waals surface area contributed by atoms with Gasteiger partial charge in [0.15, 0.2) is 0 Å². The van der Waals surface area contributed by atoms with Gasteiger partial charge in [-0.05, 0) is 29.8 Å². The SMILES string of the molecule is CC1CSC(=Nc2ccc3ccccc3c2)O1. The smallest absolute Gasteiger partial charge is 0.251 e. The van der Waals surface area contributed by atoms with Crippen LogP contribution >= 0.6 is 11.8 Å². The van der Waals surface area contributed by atoms with Crippen LogP contribution in [0.1, 0.15) is 6.92 Å². The van der Waals surface area contributed by atoms with E-state index in [1.54, 1.807) is 11.8 Å². The molecule has 1 aliphatic rings. The summed E-state index contributed by atoms with van der Waals surface area (Å²) in [6.45, 7) is 2.07. The zero-order valence-electron chi connectivity index (χ0n) is 9.59. The molecule has 3 rings (SSSR count). The van der Waals surface area contributed by atoms with Crippen LogP contribution in [0.3, 0.4) is 0 Å². The molecule has 2 nitrogen and oxygen atoms in total. The molecule has 86 valence electrons. The molecule has 0 spiro atoms. The Kier molecular flexibility index (Phi) is 2.77. The third-order valence-corrected chi connectivity index (χ3v) is 3.77. The number of nitrogens with zero attached hydrogens (tertiary/aromatic N) is 1. The summed E-state index contributed by atoms with van der Waals surface area (Å²) in [6, 6.07) is 14.5. The Balaban J connectivity index is 1.96. The van der Waals surface area contributed by atoms with E-state index in [1.807, 2.05) is 18.2 Å². The van der Waals surface area contributed by atoms with Gasteiger partial charge in [0.1, 0.15) is 6.10 Å². The maximum atomic E-state index is 5.59. The van der Waals surface area contributed by atoms with Crippen molar-refractivity contribution in [2.24, 2.45) is 4.99 Å². The fraction of sp³-hybridized carbons (Fsp3) is 0.214. The van der Waals surface area contributed by atoms with E-state index in [9.17, 15) is 0 Å². The summed E-state index contributed by atoms with van der Waals surface area (Å²) in [5.74, 6) is 0.992. The van der Waals surface area contributed by atoms with Crippen LogP contribution in [-0.2, 0) is 4.74 Å². The molecular formula is C14H13NOS. The van der Waals surface area contributed by atoms with Crippen LogP contribution in [-0.4, -0.2) is 17.1 Å². The summed E-state index contributed by atoms with van der Waals surface area (Å²) < 4.78 is 5.59. The quantitative estimate of drug-likeness (QED) is 0.755. The molecule has 0 aromatic heterocycles. The van der Waals surface area contributed by atoms with Crippen molar-refractivity contribution >= 4 is 33.5 Å². The van der Waals surface area contributed by atoms with Gasteiger partial charge in [-0.2, -0.15) is 0 Å². The first-order valence-corrected chi connectivity index (χ1v) is 6.67. The van der Waals surface area contributed by atoms with Gasteiger partial charge in [-0.15, -0.1) is 0 Å². The number of benzene rings is 2. The van der Waals surface area contributed by atoms with Gasteiger partial charge in [-0.1, -0.05) is 42.1 Å². The molecule has 1 fully saturated rings. The zero-order valence-corrected chi connectivity index (χ0v) is 10.4. The second kappa shape index (κ2) is 4.41. The summed E-state index contributed by atoms with van der Waals surface area (Å²) in [5, 5.41) is 3.24. The number of aliphatic imine (C=N–C) groups is 1. The van der Waals surface area contributed by atoms with Gasteiger partial charge in [0, 0.05) is 5.75 Å². The molecular weight excluding hydrogens is 230 g/mol. The van der Waals surface area contributed by atoms with Crippen molar-refractivity contribution in [3.63, 3.8) is 0 Å². The highest BCUT2D eigenvalue weighted by atomic mass is 32.2. The van der Waals surface area contributed by atoms with Crippen molar-refractivity contribution in [3.8, 4) is 0 Å². The largest absolute Gasteiger partial charge is 0.469 e. The summed E-state index contributed by atoms with van der Waals surface area (Å²) in [6.07, 6.45) is 0.277. The number of fused-ring (bicyclic) bond motifs is 1. The lowest BCUT2D eigenvalue weighted by Gasteiger charge is -2.02. The lowest BCUT2D eigenvalue weighted by molar-refractivity contribution is 0.252. The summed E-state index contributed by atoms with van der Waals surface area (Å²) in [4.78, 5) is 4.52. The highest BCUT2D eigenvalue weighted by Gasteiger charge is 2.17. The standard InChI is InChI=1S/C14H13NOS/c1-10-9-17-14(16-10)15-13-7-6-11-4-2-3-5-12(11)8-13/h2-8,10H,9H2,1H3. The Hall–Kier alpha value is -1.48. The zero-order chi connectivity index (χ0) is 11.7. The van der Waals surface area contributed by atoms with Crippen LogP contribution < -0.4 is 0 Å². The van der Waals surface area contributed by atoms with Crippen LogP contribution in [0.25, 0.3) is 10.8 Å². The molecule has 3 heteroatoms. The molecule has 17 heavy (non-hydrogen) atoms. The predicted molar refractivity (Wildman–Crippen MR) is 74.0 cm³/mol. The third-order valence-electron chi connectivity index (χ3n) is 2.70. The first kappa shape index (κ1) is 10.7. The number of hydrogen-bond donors (Lipinski definition) is 0. The fourth-order valence-corrected chi connectivity index (χ4v) is 2.69. The molecule has 1 saturated heterocycles. The number of hydrogen-bond acceptors (Lipinski definition) is 3. The van der Waals surface area contributed by atoms with Gasteiger partial charge in [0.2, 0.25) is 0 Å². The Morgan fingerprint density at radius 1 is 1.18 bits per heavy atom. The van der Waals surface area contributed by atoms with E-state index < -0.39 is 0 Å². The second-order valence-electron chi connectivity index (χ2n) is 4.15. The van der Waals surface area contributed by atoms with E-state index >= 15 is 0 Å². The average molecular weight is 243 g/mol. The Labute approximate surface area is 105 Å². The molecule has 2 aromatic rings. The van der Waals surface area contributed by atoms with E-state index in [-0.39, 0.29) is 6.10 Å². The van der Waals surface area contributed by atoms with Gasteiger partial charge in [0.05, 0.1) is 5.69 Å². The highest BCUT2D eigenvalue weighted by Crippen LogP contribution is 2.26. The van der Waals surface area contributed by atoms with Crippen LogP contribution in [0, 0.1) is 0 Å². The molecule has 0 amide bonds. The second-order valence-corrected chi connectivity index (χ2v) is 5.12. The van der Waals surface area contributed by atoms with Crippen LogP contribution in [0.15, 0.2) is 47.5 Å². The fourth-order valence-electron chi connectivity index (χ4n) is 1.84. The monoisotopic (exact) mass is 243 g/mol. The summed E-state index contributed by atoms with van der Waals surface area (Å²) >= 11 is 1.68. The van der Waals surface area contributed by atoms with Gasteiger partial charge in [0.25, 0.3) is 5.23 Å². The first-order valence-electron chi connectivity index (χ1n) is 5.68. The molecule has 1 atom stereocenters. The average Bonchev–Trinajstić information content (AvgIpc) is 2.75. The lowest BCUT2D eigenvalue weighted by Crippen LogP contribution is -2.02. The van der Waals surface area contributed by atoms with E-state index in [4.69, 9.17) is 4.74 Å². The minimum Gasteiger partial charge on any atom is -0.469 e. The highest BCUT2D eigenvalue weighted by molar-refractivity contribution is 8.13. The van der Waals surface area contributed by atoms with E-state index in [0.717, 1.165) is 16.7 Å². The van der Waals surface area contributed by atoms with Gasteiger partial charge < -0.3 is 4.74 Å². The molecule has 0 N–H and O–H groups in total. The molecule has 0 radical (unpaired) electrons. The minimum atomic E-state index is 0.277. The topological polar surface area (TPSA) is 21.6 Å². The molecule has 0 aliphatic carbocycles. The molecule has 1 unspecified atom stereocenters. The van der Waals surface area contributed by atoms with Crippen LogP contribution in [0.4, 0.5) is 5.69 Å². The normalized spacial score (nSPS) is 21.9. The van der Waals surface area contributed by atoms with Crippen molar-refractivity contribution in [3.05, 3.63) is 42.5 Å².